The number of hydrogen-bond donors (Lipinski definition) is 2. The number of hydrogen-bond acceptors (Lipinski definition) is 5. The van der Waals surface area contributed by atoms with E-state index >= 15 is 0 Å². The van der Waals surface area contributed by atoms with Crippen LogP contribution in [0.5, 0.6) is 0 Å². The Kier molecular flexibility index (Phi) is 5.81. The highest BCUT2D eigenvalue weighted by Crippen LogP contribution is 2.23. The quantitative estimate of drug-likeness (QED) is 0.890. The minimum atomic E-state index is -1.13. The number of piperidine rings is 1. The molecule has 23 heavy (non-hydrogen) atoms. The van der Waals surface area contributed by atoms with Gasteiger partial charge in [0.15, 0.2) is 0 Å². The normalized spacial score (nSPS) is 15.6. The largest absolute Gasteiger partial charge is 0.465 e. The lowest BCUT2D eigenvalue weighted by Gasteiger charge is -2.24. The van der Waals surface area contributed by atoms with Crippen LogP contribution in [-0.2, 0) is 0 Å². The molecule has 0 spiro atoms. The first-order chi connectivity index (χ1) is 10.7. The molecule has 1 unspecified atom stereocenters. The highest BCUT2D eigenvalue weighted by atomic mass is 35.5. The molecule has 0 bridgehead atoms. The molecule has 1 aromatic carbocycles. The summed E-state index contributed by atoms with van der Waals surface area (Å²) in [5, 5.41) is 15.5. The highest BCUT2D eigenvalue weighted by molar-refractivity contribution is 5.85. The van der Waals surface area contributed by atoms with Gasteiger partial charge in [0.05, 0.1) is 0 Å². The van der Waals surface area contributed by atoms with Crippen LogP contribution in [0.15, 0.2) is 34.9 Å². The van der Waals surface area contributed by atoms with E-state index in [2.05, 4.69) is 20.4 Å². The summed E-state index contributed by atoms with van der Waals surface area (Å²) in [4.78, 5) is 17.5. The molecule has 0 aliphatic carbocycles. The maximum Gasteiger partial charge on any atom is 0.405 e. The molecule has 1 aliphatic heterocycles. The molecule has 1 atom stereocenters. The lowest BCUT2D eigenvalue weighted by atomic mass is 10.1. The number of carbonyl (C=O) groups is 1. The Morgan fingerprint density at radius 1 is 1.22 bits per heavy atom. The Morgan fingerprint density at radius 3 is 2.57 bits per heavy atom. The molecule has 3 rings (SSSR count). The number of rotatable bonds is 4. The van der Waals surface area contributed by atoms with E-state index in [-0.39, 0.29) is 18.3 Å². The van der Waals surface area contributed by atoms with Crippen LogP contribution >= 0.6 is 12.4 Å². The van der Waals surface area contributed by atoms with Gasteiger partial charge in [0, 0.05) is 13.1 Å². The third-order valence-electron chi connectivity index (χ3n) is 3.72. The summed E-state index contributed by atoms with van der Waals surface area (Å²) < 4.78 is 5.31. The lowest BCUT2D eigenvalue weighted by molar-refractivity contribution is 0.189. The lowest BCUT2D eigenvalue weighted by Crippen LogP contribution is -2.30. The van der Waals surface area contributed by atoms with Gasteiger partial charge in [0.2, 0.25) is 0 Å². The van der Waals surface area contributed by atoms with E-state index in [1.165, 1.54) is 6.42 Å². The van der Waals surface area contributed by atoms with Crippen molar-refractivity contribution in [1.29, 1.82) is 0 Å². The van der Waals surface area contributed by atoms with Gasteiger partial charge in [0.25, 0.3) is 11.8 Å². The Labute approximate surface area is 140 Å². The van der Waals surface area contributed by atoms with Crippen molar-refractivity contribution in [3.05, 3.63) is 41.8 Å². The van der Waals surface area contributed by atoms with Gasteiger partial charge in [-0.05, 0) is 30.0 Å². The fraction of sp³-hybridized carbons (Fsp3) is 0.400. The second kappa shape index (κ2) is 7.82. The molecule has 2 aromatic rings. The van der Waals surface area contributed by atoms with Crippen LogP contribution in [0.4, 0.5) is 10.7 Å². The first-order valence-corrected chi connectivity index (χ1v) is 7.37. The summed E-state index contributed by atoms with van der Waals surface area (Å²) in [6.07, 6.45) is 2.30. The summed E-state index contributed by atoms with van der Waals surface area (Å²) in [5.74, 6) is 0.789. The molecule has 2 N–H and O–H groups in total. The van der Waals surface area contributed by atoms with Crippen LogP contribution in [0.3, 0.4) is 0 Å². The van der Waals surface area contributed by atoms with Gasteiger partial charge in [-0.15, -0.1) is 12.4 Å². The van der Waals surface area contributed by atoms with Gasteiger partial charge in [0.1, 0.15) is 6.04 Å². The van der Waals surface area contributed by atoms with E-state index in [0.29, 0.717) is 5.95 Å². The van der Waals surface area contributed by atoms with Crippen molar-refractivity contribution >= 4 is 24.4 Å². The molecule has 124 valence electrons. The molecule has 0 radical (unpaired) electrons. The minimum Gasteiger partial charge on any atom is -0.465 e. The number of anilines is 1. The van der Waals surface area contributed by atoms with Crippen molar-refractivity contribution < 1.29 is 14.4 Å². The predicted octanol–water partition coefficient (Wildman–Crippen LogP) is 2.84. The van der Waals surface area contributed by atoms with E-state index in [1.807, 2.05) is 30.3 Å². The number of aromatic nitrogens is 2. The number of halogens is 1. The van der Waals surface area contributed by atoms with E-state index in [0.717, 1.165) is 31.5 Å². The number of benzene rings is 1. The van der Waals surface area contributed by atoms with Gasteiger partial charge in [-0.25, -0.2) is 4.79 Å². The molecule has 1 aliphatic rings. The molecule has 1 amide bonds. The van der Waals surface area contributed by atoms with Gasteiger partial charge < -0.3 is 19.8 Å². The Balaban J connectivity index is 0.00000192. The van der Waals surface area contributed by atoms with Crippen LogP contribution in [-0.4, -0.2) is 34.4 Å². The molecule has 8 heteroatoms. The summed E-state index contributed by atoms with van der Waals surface area (Å²) in [6, 6.07) is 8.54. The van der Waals surface area contributed by atoms with Crippen LogP contribution in [0.1, 0.15) is 36.8 Å². The number of amides is 1. The van der Waals surface area contributed by atoms with Gasteiger partial charge in [-0.3, -0.25) is 0 Å². The molecule has 2 heterocycles. The predicted molar refractivity (Wildman–Crippen MR) is 87.1 cm³/mol. The van der Waals surface area contributed by atoms with Crippen molar-refractivity contribution in [2.45, 2.75) is 25.3 Å². The molecular weight excluding hydrogens is 320 g/mol. The summed E-state index contributed by atoms with van der Waals surface area (Å²) >= 11 is 0. The highest BCUT2D eigenvalue weighted by Gasteiger charge is 2.25. The zero-order valence-electron chi connectivity index (χ0n) is 12.5. The first-order valence-electron chi connectivity index (χ1n) is 7.37. The van der Waals surface area contributed by atoms with Gasteiger partial charge in [-0.1, -0.05) is 30.3 Å². The van der Waals surface area contributed by atoms with Gasteiger partial charge >= 0.3 is 6.09 Å². The second-order valence-corrected chi connectivity index (χ2v) is 5.27. The van der Waals surface area contributed by atoms with Crippen LogP contribution < -0.4 is 10.2 Å². The zero-order chi connectivity index (χ0) is 15.4. The molecular formula is C15H19ClN4O3. The third kappa shape index (κ3) is 4.13. The monoisotopic (exact) mass is 338 g/mol. The average Bonchev–Trinajstić information content (AvgIpc) is 3.04. The average molecular weight is 339 g/mol. The first kappa shape index (κ1) is 17.1. The zero-order valence-corrected chi connectivity index (χ0v) is 13.3. The molecule has 1 aromatic heterocycles. The maximum absolute atomic E-state index is 11.1. The summed E-state index contributed by atoms with van der Waals surface area (Å²) in [7, 11) is 0. The summed E-state index contributed by atoms with van der Waals surface area (Å²) in [5.41, 5.74) is 0.763. The van der Waals surface area contributed by atoms with E-state index in [1.54, 1.807) is 0 Å². The fourth-order valence-electron chi connectivity index (χ4n) is 2.62. The van der Waals surface area contributed by atoms with Crippen molar-refractivity contribution in [3.8, 4) is 0 Å². The Morgan fingerprint density at radius 2 is 1.91 bits per heavy atom. The maximum atomic E-state index is 11.1. The van der Waals surface area contributed by atoms with Gasteiger partial charge in [-0.2, -0.15) is 4.98 Å². The molecule has 7 nitrogen and oxygen atoms in total. The summed E-state index contributed by atoms with van der Waals surface area (Å²) in [6.45, 7) is 1.81. The van der Waals surface area contributed by atoms with Crippen molar-refractivity contribution in [2.24, 2.45) is 0 Å². The molecule has 1 fully saturated rings. The number of carboxylic acid groups (broad SMARTS) is 1. The standard InChI is InChI=1S/C15H18N4O3.ClH/c20-15(21)16-12(11-7-3-1-4-8-11)13-17-14(18-22-13)19-9-5-2-6-10-19;/h1,3-4,7-8,12,16H,2,5-6,9-10H2,(H,20,21);1H. The van der Waals surface area contributed by atoms with E-state index in [9.17, 15) is 4.79 Å². The third-order valence-corrected chi connectivity index (χ3v) is 3.72. The number of nitrogens with one attached hydrogen (secondary N) is 1. The topological polar surface area (TPSA) is 91.5 Å². The number of nitrogens with zero attached hydrogens (tertiary/aromatic N) is 3. The fourth-order valence-corrected chi connectivity index (χ4v) is 2.62. The minimum absolute atomic E-state index is 0. The smallest absolute Gasteiger partial charge is 0.405 e. The Bertz CT molecular complexity index is 629. The second-order valence-electron chi connectivity index (χ2n) is 5.27. The molecule has 1 saturated heterocycles. The van der Waals surface area contributed by atoms with Crippen molar-refractivity contribution in [3.63, 3.8) is 0 Å². The molecule has 0 saturated carbocycles. The van der Waals surface area contributed by atoms with E-state index < -0.39 is 12.1 Å². The SMILES string of the molecule is Cl.O=C(O)NC(c1ccccc1)c1nc(N2CCCCC2)no1. The van der Waals surface area contributed by atoms with Crippen molar-refractivity contribution in [1.82, 2.24) is 15.5 Å². The van der Waals surface area contributed by atoms with Crippen LogP contribution in [0.25, 0.3) is 0 Å². The Hall–Kier alpha value is -2.28. The van der Waals surface area contributed by atoms with Crippen LogP contribution in [0, 0.1) is 0 Å². The van der Waals surface area contributed by atoms with Crippen LogP contribution in [0.2, 0.25) is 0 Å². The van der Waals surface area contributed by atoms with Crippen molar-refractivity contribution in [2.75, 3.05) is 18.0 Å². The van der Waals surface area contributed by atoms with E-state index in [4.69, 9.17) is 9.63 Å².